The molecule has 0 heterocycles. The molecule has 5 heteroatoms. The molecule has 1 aromatic carbocycles. The summed E-state index contributed by atoms with van der Waals surface area (Å²) in [5.41, 5.74) is 0. The molecule has 0 aliphatic carbocycles. The number of thiol groups is 1. The van der Waals surface area contributed by atoms with Crippen LogP contribution < -0.4 is 0 Å². The molecule has 1 aromatic rings. The standard InChI is InChI=1S/C7H7FO2S2/c1-12(9,10)5-2-3-7(11)6(8)4-5/h2-4,11H,1H3. The summed E-state index contributed by atoms with van der Waals surface area (Å²) in [5, 5.41) is 0. The fourth-order valence-corrected chi connectivity index (χ4v) is 1.49. The van der Waals surface area contributed by atoms with E-state index < -0.39 is 15.7 Å². The number of sulfone groups is 1. The van der Waals surface area contributed by atoms with E-state index in [1.165, 1.54) is 12.1 Å². The summed E-state index contributed by atoms with van der Waals surface area (Å²) >= 11 is 3.77. The molecule has 0 N–H and O–H groups in total. The van der Waals surface area contributed by atoms with E-state index in [1.54, 1.807) is 0 Å². The van der Waals surface area contributed by atoms with Crippen LogP contribution in [0.1, 0.15) is 0 Å². The van der Waals surface area contributed by atoms with Crippen LogP contribution in [0.4, 0.5) is 4.39 Å². The summed E-state index contributed by atoms with van der Waals surface area (Å²) in [6, 6.07) is 3.59. The summed E-state index contributed by atoms with van der Waals surface area (Å²) in [6.45, 7) is 0. The SMILES string of the molecule is CS(=O)(=O)c1ccc(S)c(F)c1. The molecule has 0 radical (unpaired) electrons. The maximum Gasteiger partial charge on any atom is 0.175 e. The van der Waals surface area contributed by atoms with E-state index in [0.717, 1.165) is 12.3 Å². The predicted octanol–water partition coefficient (Wildman–Crippen LogP) is 1.52. The van der Waals surface area contributed by atoms with Crippen LogP contribution in [0.5, 0.6) is 0 Å². The van der Waals surface area contributed by atoms with Crippen LogP contribution in [0, 0.1) is 5.82 Å². The number of halogens is 1. The van der Waals surface area contributed by atoms with Gasteiger partial charge in [0.1, 0.15) is 5.82 Å². The van der Waals surface area contributed by atoms with E-state index in [1.807, 2.05) is 0 Å². The molecule has 0 bridgehead atoms. The highest BCUT2D eigenvalue weighted by molar-refractivity contribution is 7.90. The van der Waals surface area contributed by atoms with Crippen LogP contribution in [0.3, 0.4) is 0 Å². The highest BCUT2D eigenvalue weighted by Gasteiger charge is 2.08. The minimum absolute atomic E-state index is 0.0298. The molecule has 0 atom stereocenters. The molecule has 0 unspecified atom stereocenters. The minimum Gasteiger partial charge on any atom is -0.224 e. The molecule has 0 fully saturated rings. The fourth-order valence-electron chi connectivity index (χ4n) is 0.718. The van der Waals surface area contributed by atoms with Gasteiger partial charge in [-0.25, -0.2) is 12.8 Å². The molecule has 12 heavy (non-hydrogen) atoms. The van der Waals surface area contributed by atoms with Crippen molar-refractivity contribution in [3.63, 3.8) is 0 Å². The Bertz CT molecular complexity index is 398. The first-order valence-electron chi connectivity index (χ1n) is 3.10. The molecule has 0 saturated carbocycles. The lowest BCUT2D eigenvalue weighted by Crippen LogP contribution is -1.97. The van der Waals surface area contributed by atoms with Gasteiger partial charge in [-0.15, -0.1) is 12.6 Å². The van der Waals surface area contributed by atoms with Gasteiger partial charge in [0, 0.05) is 11.2 Å². The first-order valence-corrected chi connectivity index (χ1v) is 5.43. The van der Waals surface area contributed by atoms with Crippen molar-refractivity contribution in [2.45, 2.75) is 9.79 Å². The van der Waals surface area contributed by atoms with E-state index in [2.05, 4.69) is 12.6 Å². The van der Waals surface area contributed by atoms with E-state index >= 15 is 0 Å². The number of hydrogen-bond acceptors (Lipinski definition) is 3. The first kappa shape index (κ1) is 9.54. The van der Waals surface area contributed by atoms with Crippen molar-refractivity contribution in [1.29, 1.82) is 0 Å². The normalized spacial score (nSPS) is 11.6. The number of hydrogen-bond donors (Lipinski definition) is 1. The Kier molecular flexibility index (Phi) is 2.44. The van der Waals surface area contributed by atoms with Crippen molar-refractivity contribution in [1.82, 2.24) is 0 Å². The third kappa shape index (κ3) is 1.98. The molecule has 0 aromatic heterocycles. The van der Waals surface area contributed by atoms with Crippen LogP contribution in [-0.2, 0) is 9.84 Å². The van der Waals surface area contributed by atoms with E-state index in [9.17, 15) is 12.8 Å². The predicted molar refractivity (Wildman–Crippen MR) is 46.8 cm³/mol. The lowest BCUT2D eigenvalue weighted by atomic mass is 10.3. The van der Waals surface area contributed by atoms with Crippen LogP contribution >= 0.6 is 12.6 Å². The number of benzene rings is 1. The maximum atomic E-state index is 12.8. The topological polar surface area (TPSA) is 34.1 Å². The van der Waals surface area contributed by atoms with Gasteiger partial charge in [-0.1, -0.05) is 0 Å². The van der Waals surface area contributed by atoms with E-state index in [0.29, 0.717) is 0 Å². The highest BCUT2D eigenvalue weighted by atomic mass is 32.2. The summed E-state index contributed by atoms with van der Waals surface area (Å²) in [4.78, 5) is 0.111. The minimum atomic E-state index is -3.32. The Balaban J connectivity index is 3.33. The second-order valence-corrected chi connectivity index (χ2v) is 4.88. The van der Waals surface area contributed by atoms with Crippen molar-refractivity contribution in [3.05, 3.63) is 24.0 Å². The smallest absolute Gasteiger partial charge is 0.175 e. The van der Waals surface area contributed by atoms with Gasteiger partial charge >= 0.3 is 0 Å². The zero-order chi connectivity index (χ0) is 9.35. The zero-order valence-corrected chi connectivity index (χ0v) is 7.99. The molecule has 0 spiro atoms. The monoisotopic (exact) mass is 206 g/mol. The van der Waals surface area contributed by atoms with Gasteiger partial charge in [0.05, 0.1) is 4.90 Å². The zero-order valence-electron chi connectivity index (χ0n) is 6.28. The molecular formula is C7H7FO2S2. The molecular weight excluding hydrogens is 199 g/mol. The Morgan fingerprint density at radius 3 is 2.42 bits per heavy atom. The van der Waals surface area contributed by atoms with Crippen molar-refractivity contribution in [2.75, 3.05) is 6.26 Å². The molecule has 66 valence electrons. The van der Waals surface area contributed by atoms with Gasteiger partial charge in [0.25, 0.3) is 0 Å². The lowest BCUT2D eigenvalue weighted by Gasteiger charge is -1.99. The van der Waals surface area contributed by atoms with Crippen molar-refractivity contribution >= 4 is 22.5 Å². The van der Waals surface area contributed by atoms with Crippen LogP contribution in [0.2, 0.25) is 0 Å². The summed E-state index contributed by atoms with van der Waals surface area (Å²) in [6.07, 6.45) is 1.03. The Labute approximate surface area is 75.7 Å². The third-order valence-corrected chi connectivity index (χ3v) is 2.82. The van der Waals surface area contributed by atoms with Gasteiger partial charge in [0.2, 0.25) is 0 Å². The van der Waals surface area contributed by atoms with Crippen LogP contribution in [0.15, 0.2) is 28.0 Å². The Hall–Kier alpha value is -0.550. The van der Waals surface area contributed by atoms with Gasteiger partial charge in [-0.05, 0) is 18.2 Å². The van der Waals surface area contributed by atoms with Crippen molar-refractivity contribution < 1.29 is 12.8 Å². The second kappa shape index (κ2) is 3.06. The highest BCUT2D eigenvalue weighted by Crippen LogP contribution is 2.16. The maximum absolute atomic E-state index is 12.8. The Morgan fingerprint density at radius 1 is 1.42 bits per heavy atom. The number of rotatable bonds is 1. The lowest BCUT2D eigenvalue weighted by molar-refractivity contribution is 0.586. The summed E-state index contributed by atoms with van der Waals surface area (Å²) < 4.78 is 34.6. The van der Waals surface area contributed by atoms with Gasteiger partial charge in [-0.3, -0.25) is 0 Å². The molecule has 2 nitrogen and oxygen atoms in total. The Morgan fingerprint density at radius 2 is 2.00 bits per heavy atom. The van der Waals surface area contributed by atoms with E-state index in [4.69, 9.17) is 0 Å². The molecule has 0 saturated heterocycles. The average Bonchev–Trinajstić information content (AvgIpc) is 1.92. The first-order chi connectivity index (χ1) is 5.41. The van der Waals surface area contributed by atoms with Gasteiger partial charge in [-0.2, -0.15) is 0 Å². The summed E-state index contributed by atoms with van der Waals surface area (Å²) in [5.74, 6) is -0.624. The molecule has 1 rings (SSSR count). The van der Waals surface area contributed by atoms with Crippen molar-refractivity contribution in [2.24, 2.45) is 0 Å². The third-order valence-electron chi connectivity index (χ3n) is 1.35. The second-order valence-electron chi connectivity index (χ2n) is 2.39. The van der Waals surface area contributed by atoms with Crippen LogP contribution in [-0.4, -0.2) is 14.7 Å². The van der Waals surface area contributed by atoms with E-state index in [-0.39, 0.29) is 9.79 Å². The summed E-state index contributed by atoms with van der Waals surface area (Å²) in [7, 11) is -3.32. The molecule has 0 aliphatic heterocycles. The quantitative estimate of drug-likeness (QED) is 0.707. The average molecular weight is 206 g/mol. The fraction of sp³-hybridized carbons (Fsp3) is 0.143. The van der Waals surface area contributed by atoms with Crippen LogP contribution in [0.25, 0.3) is 0 Å². The largest absolute Gasteiger partial charge is 0.224 e. The molecule has 0 aliphatic rings. The van der Waals surface area contributed by atoms with Crippen molar-refractivity contribution in [3.8, 4) is 0 Å². The van der Waals surface area contributed by atoms with Gasteiger partial charge in [0.15, 0.2) is 9.84 Å². The molecule has 0 amide bonds. The van der Waals surface area contributed by atoms with Gasteiger partial charge < -0.3 is 0 Å².